The minimum atomic E-state index is -0.0264. The number of unbranched alkanes of at least 4 members (excludes halogenated alkanes) is 4. The average Bonchev–Trinajstić information content (AvgIpc) is 2.38. The zero-order chi connectivity index (χ0) is 15.4. The molecule has 0 fully saturated rings. The Morgan fingerprint density at radius 3 is 2.50 bits per heavy atom. The third kappa shape index (κ3) is 11.0. The maximum absolute atomic E-state index is 11.4. The smallest absolute Gasteiger partial charge is 0.246 e. The van der Waals surface area contributed by atoms with Gasteiger partial charge in [-0.3, -0.25) is 4.79 Å². The van der Waals surface area contributed by atoms with Gasteiger partial charge in [-0.25, -0.2) is 0 Å². The SMILES string of the molecule is C=C(C)C(=O)NCC[C@@H](C)CN(C)CCCCCCC. The van der Waals surface area contributed by atoms with Gasteiger partial charge in [-0.15, -0.1) is 0 Å². The van der Waals surface area contributed by atoms with Crippen molar-refractivity contribution < 1.29 is 4.79 Å². The van der Waals surface area contributed by atoms with Crippen LogP contribution in [-0.2, 0) is 4.79 Å². The van der Waals surface area contributed by atoms with E-state index in [1.54, 1.807) is 6.92 Å². The van der Waals surface area contributed by atoms with E-state index in [0.29, 0.717) is 11.5 Å². The maximum Gasteiger partial charge on any atom is 0.246 e. The lowest BCUT2D eigenvalue weighted by molar-refractivity contribution is -0.117. The zero-order valence-corrected chi connectivity index (χ0v) is 14.0. The summed E-state index contributed by atoms with van der Waals surface area (Å²) in [5, 5.41) is 2.90. The van der Waals surface area contributed by atoms with Crippen LogP contribution in [0.5, 0.6) is 0 Å². The molecule has 0 rings (SSSR count). The molecule has 1 atom stereocenters. The Morgan fingerprint density at radius 1 is 1.25 bits per heavy atom. The highest BCUT2D eigenvalue weighted by Crippen LogP contribution is 2.06. The summed E-state index contributed by atoms with van der Waals surface area (Å²) in [6, 6.07) is 0. The van der Waals surface area contributed by atoms with Gasteiger partial charge in [0.1, 0.15) is 0 Å². The lowest BCUT2D eigenvalue weighted by Crippen LogP contribution is -2.30. The van der Waals surface area contributed by atoms with Crippen molar-refractivity contribution in [3.8, 4) is 0 Å². The van der Waals surface area contributed by atoms with Crippen molar-refractivity contribution >= 4 is 5.91 Å². The first-order valence-electron chi connectivity index (χ1n) is 8.09. The molecule has 1 N–H and O–H groups in total. The minimum Gasteiger partial charge on any atom is -0.352 e. The summed E-state index contributed by atoms with van der Waals surface area (Å²) in [5.41, 5.74) is 0.585. The average molecular weight is 282 g/mol. The van der Waals surface area contributed by atoms with Crippen molar-refractivity contribution in [1.29, 1.82) is 0 Å². The molecule has 118 valence electrons. The molecule has 0 aliphatic carbocycles. The lowest BCUT2D eigenvalue weighted by atomic mass is 10.1. The van der Waals surface area contributed by atoms with E-state index in [1.165, 1.54) is 38.6 Å². The quantitative estimate of drug-likeness (QED) is 0.438. The van der Waals surface area contributed by atoms with Crippen molar-refractivity contribution in [3.05, 3.63) is 12.2 Å². The van der Waals surface area contributed by atoms with Gasteiger partial charge in [-0.2, -0.15) is 0 Å². The third-order valence-electron chi connectivity index (χ3n) is 3.58. The summed E-state index contributed by atoms with van der Waals surface area (Å²) in [5.74, 6) is 0.586. The first kappa shape index (κ1) is 19.2. The standard InChI is InChI=1S/C17H34N2O/c1-6-7-8-9-10-13-19(5)14-16(4)11-12-18-17(20)15(2)3/h16H,2,6-14H2,1,3-5H3,(H,18,20)/t16-/m1/s1. The van der Waals surface area contributed by atoms with Crippen molar-refractivity contribution in [1.82, 2.24) is 10.2 Å². The maximum atomic E-state index is 11.4. The topological polar surface area (TPSA) is 32.3 Å². The van der Waals surface area contributed by atoms with Gasteiger partial charge in [0.2, 0.25) is 5.91 Å². The highest BCUT2D eigenvalue weighted by molar-refractivity contribution is 5.91. The molecule has 0 aliphatic heterocycles. The number of nitrogens with one attached hydrogen (secondary N) is 1. The molecule has 0 spiro atoms. The Balaban J connectivity index is 3.56. The molecule has 3 heteroatoms. The molecule has 0 aliphatic rings. The zero-order valence-electron chi connectivity index (χ0n) is 14.0. The summed E-state index contributed by atoms with van der Waals surface area (Å²) in [6.07, 6.45) is 7.72. The van der Waals surface area contributed by atoms with Crippen LogP contribution in [-0.4, -0.2) is 37.5 Å². The predicted molar refractivity (Wildman–Crippen MR) is 87.9 cm³/mol. The largest absolute Gasteiger partial charge is 0.352 e. The molecule has 0 radical (unpaired) electrons. The van der Waals surface area contributed by atoms with Crippen LogP contribution in [0.25, 0.3) is 0 Å². The summed E-state index contributed by atoms with van der Waals surface area (Å²) < 4.78 is 0. The second-order valence-electron chi connectivity index (χ2n) is 6.11. The normalized spacial score (nSPS) is 12.4. The van der Waals surface area contributed by atoms with E-state index in [4.69, 9.17) is 0 Å². The second kappa shape index (κ2) is 12.0. The van der Waals surface area contributed by atoms with Gasteiger partial charge in [0, 0.05) is 18.7 Å². The fourth-order valence-electron chi connectivity index (χ4n) is 2.28. The molecule has 0 aromatic carbocycles. The molecule has 0 saturated carbocycles. The van der Waals surface area contributed by atoms with E-state index in [1.807, 2.05) is 0 Å². The molecule has 1 amide bonds. The summed E-state index contributed by atoms with van der Waals surface area (Å²) in [6.45, 7) is 12.9. The van der Waals surface area contributed by atoms with Gasteiger partial charge >= 0.3 is 0 Å². The molecule has 0 bridgehead atoms. The van der Waals surface area contributed by atoms with Crippen LogP contribution in [0.1, 0.15) is 59.3 Å². The van der Waals surface area contributed by atoms with Crippen molar-refractivity contribution in [3.63, 3.8) is 0 Å². The molecular weight excluding hydrogens is 248 g/mol. The van der Waals surface area contributed by atoms with Crippen LogP contribution in [0.2, 0.25) is 0 Å². The Kier molecular flexibility index (Phi) is 11.5. The monoisotopic (exact) mass is 282 g/mol. The third-order valence-corrected chi connectivity index (χ3v) is 3.58. The highest BCUT2D eigenvalue weighted by atomic mass is 16.1. The van der Waals surface area contributed by atoms with Gasteiger partial charge < -0.3 is 10.2 Å². The highest BCUT2D eigenvalue weighted by Gasteiger charge is 2.07. The van der Waals surface area contributed by atoms with Crippen molar-refractivity contribution in [2.45, 2.75) is 59.3 Å². The van der Waals surface area contributed by atoms with E-state index >= 15 is 0 Å². The summed E-state index contributed by atoms with van der Waals surface area (Å²) >= 11 is 0. The number of rotatable bonds is 12. The molecule has 20 heavy (non-hydrogen) atoms. The van der Waals surface area contributed by atoms with Crippen LogP contribution >= 0.6 is 0 Å². The molecule has 0 aromatic rings. The molecular formula is C17H34N2O. The van der Waals surface area contributed by atoms with E-state index < -0.39 is 0 Å². The Bertz CT molecular complexity index is 276. The molecule has 0 saturated heterocycles. The fraction of sp³-hybridized carbons (Fsp3) is 0.824. The Hall–Kier alpha value is -0.830. The van der Waals surface area contributed by atoms with Gasteiger partial charge in [-0.05, 0) is 39.3 Å². The van der Waals surface area contributed by atoms with Crippen LogP contribution in [0.3, 0.4) is 0 Å². The van der Waals surface area contributed by atoms with E-state index in [2.05, 4.69) is 37.7 Å². The molecule has 0 heterocycles. The van der Waals surface area contributed by atoms with Gasteiger partial charge in [0.15, 0.2) is 0 Å². The Morgan fingerprint density at radius 2 is 1.90 bits per heavy atom. The summed E-state index contributed by atoms with van der Waals surface area (Å²) in [7, 11) is 2.20. The van der Waals surface area contributed by atoms with Gasteiger partial charge in [0.25, 0.3) is 0 Å². The number of carbonyl (C=O) groups is 1. The van der Waals surface area contributed by atoms with Gasteiger partial charge in [-0.1, -0.05) is 46.1 Å². The number of carbonyl (C=O) groups excluding carboxylic acids is 1. The van der Waals surface area contributed by atoms with Crippen molar-refractivity contribution in [2.24, 2.45) is 5.92 Å². The van der Waals surface area contributed by atoms with E-state index in [0.717, 1.165) is 19.5 Å². The molecule has 0 aromatic heterocycles. The van der Waals surface area contributed by atoms with Crippen LogP contribution in [0.4, 0.5) is 0 Å². The first-order chi connectivity index (χ1) is 9.47. The number of hydrogen-bond donors (Lipinski definition) is 1. The molecule has 3 nitrogen and oxygen atoms in total. The fourth-order valence-corrected chi connectivity index (χ4v) is 2.28. The van der Waals surface area contributed by atoms with E-state index in [9.17, 15) is 4.79 Å². The Labute approximate surface area is 125 Å². The van der Waals surface area contributed by atoms with Crippen LogP contribution < -0.4 is 5.32 Å². The van der Waals surface area contributed by atoms with Gasteiger partial charge in [0.05, 0.1) is 0 Å². The van der Waals surface area contributed by atoms with Crippen LogP contribution in [0, 0.1) is 5.92 Å². The number of amides is 1. The first-order valence-corrected chi connectivity index (χ1v) is 8.09. The molecule has 0 unspecified atom stereocenters. The second-order valence-corrected chi connectivity index (χ2v) is 6.11. The summed E-state index contributed by atoms with van der Waals surface area (Å²) in [4.78, 5) is 13.8. The minimum absolute atomic E-state index is 0.0264. The number of nitrogens with zero attached hydrogens (tertiary/aromatic N) is 1. The van der Waals surface area contributed by atoms with Crippen LogP contribution in [0.15, 0.2) is 12.2 Å². The lowest BCUT2D eigenvalue weighted by Gasteiger charge is -2.21. The van der Waals surface area contributed by atoms with Crippen molar-refractivity contribution in [2.75, 3.05) is 26.7 Å². The number of hydrogen-bond acceptors (Lipinski definition) is 2. The predicted octanol–water partition coefficient (Wildman–Crippen LogP) is 3.61. The van der Waals surface area contributed by atoms with E-state index in [-0.39, 0.29) is 5.91 Å².